The Morgan fingerprint density at radius 2 is 1.87 bits per heavy atom. The number of nitrogens with zero attached hydrogens (tertiary/aromatic N) is 6. The fourth-order valence-electron chi connectivity index (χ4n) is 5.24. The van der Waals surface area contributed by atoms with Gasteiger partial charge in [0, 0.05) is 50.0 Å². The van der Waals surface area contributed by atoms with Crippen LogP contribution in [0.3, 0.4) is 0 Å². The van der Waals surface area contributed by atoms with Crippen LogP contribution < -0.4 is 25.8 Å². The van der Waals surface area contributed by atoms with Gasteiger partial charge in [0.25, 0.3) is 5.56 Å². The summed E-state index contributed by atoms with van der Waals surface area (Å²) in [4.78, 5) is 32.4. The zero-order chi connectivity index (χ0) is 26.1. The Bertz CT molecular complexity index is 1490. The Balaban J connectivity index is 1.36. The van der Waals surface area contributed by atoms with Crippen LogP contribution in [0, 0.1) is 0 Å². The number of hydrogen-bond donors (Lipinski definition) is 2. The molecule has 2 aromatic heterocycles. The monoisotopic (exact) mass is 512 g/mol. The molecule has 10 heteroatoms. The zero-order valence-corrected chi connectivity index (χ0v) is 21.7. The fourth-order valence-corrected chi connectivity index (χ4v) is 5.24. The molecule has 0 unspecified atom stereocenters. The number of likely N-dealkylation sites (N-methyl/N-ethyl adjacent to an activating group) is 1. The van der Waals surface area contributed by atoms with Crippen LogP contribution in [0.4, 0.5) is 17.3 Å². The third-order valence-corrected chi connectivity index (χ3v) is 7.36. The lowest BCUT2D eigenvalue weighted by Crippen LogP contribution is -2.44. The van der Waals surface area contributed by atoms with Gasteiger partial charge in [0.1, 0.15) is 17.0 Å². The summed E-state index contributed by atoms with van der Waals surface area (Å²) in [5.41, 5.74) is 4.06. The number of rotatable bonds is 6. The normalized spacial score (nSPS) is 18.2. The molecular formula is C28H32N8O2. The van der Waals surface area contributed by atoms with E-state index in [1.165, 1.54) is 0 Å². The summed E-state index contributed by atoms with van der Waals surface area (Å²) in [6.07, 6.45) is 2.54. The summed E-state index contributed by atoms with van der Waals surface area (Å²) in [5.74, 6) is 1.20. The number of fused-ring (bicyclic) bond motifs is 1. The molecule has 0 spiro atoms. The molecule has 0 radical (unpaired) electrons. The molecule has 196 valence electrons. The first-order valence-corrected chi connectivity index (χ1v) is 13.0. The summed E-state index contributed by atoms with van der Waals surface area (Å²) in [6.45, 7) is 5.53. The maximum Gasteiger partial charge on any atom is 0.279 e. The van der Waals surface area contributed by atoms with E-state index in [1.54, 1.807) is 17.9 Å². The van der Waals surface area contributed by atoms with Crippen molar-refractivity contribution >= 4 is 28.5 Å². The minimum Gasteiger partial charge on any atom is -0.495 e. The number of ether oxygens (including phenoxy) is 1. The maximum absolute atomic E-state index is 13.7. The Hall–Kier alpha value is -4.02. The molecule has 2 fully saturated rings. The molecule has 2 aromatic carbocycles. The van der Waals surface area contributed by atoms with Crippen LogP contribution >= 0.6 is 0 Å². The van der Waals surface area contributed by atoms with Crippen molar-refractivity contribution < 1.29 is 4.74 Å². The molecule has 0 aliphatic carbocycles. The Morgan fingerprint density at radius 3 is 2.61 bits per heavy atom. The number of nitrogens with one attached hydrogen (secondary N) is 2. The van der Waals surface area contributed by atoms with Crippen molar-refractivity contribution in [3.8, 4) is 17.0 Å². The van der Waals surface area contributed by atoms with Gasteiger partial charge >= 0.3 is 0 Å². The number of aromatic nitrogens is 4. The lowest BCUT2D eigenvalue weighted by Gasteiger charge is -2.34. The van der Waals surface area contributed by atoms with Gasteiger partial charge in [-0.3, -0.25) is 9.36 Å². The van der Waals surface area contributed by atoms with Crippen molar-refractivity contribution in [1.82, 2.24) is 29.7 Å². The van der Waals surface area contributed by atoms with Crippen molar-refractivity contribution in [2.24, 2.45) is 0 Å². The minimum atomic E-state index is -0.139. The van der Waals surface area contributed by atoms with Crippen LogP contribution in [0.1, 0.15) is 12.5 Å². The molecule has 10 nitrogen and oxygen atoms in total. The third-order valence-electron chi connectivity index (χ3n) is 7.36. The molecule has 0 saturated carbocycles. The standard InChI is InChI=1S/C28H32N8O2/c1-34-12-14-35(15-13-34)23-9-8-20(16-24(23)38-2)31-28-30-18-22-26(33-28)36(21-10-11-29-17-21)27(37)25(32-22)19-6-4-3-5-7-19/h3-9,16,18,21,29H,10-15,17H2,1-2H3,(H,30,31,33)/t21-/m0/s1. The predicted octanol–water partition coefficient (Wildman–Crippen LogP) is 2.89. The first-order chi connectivity index (χ1) is 18.6. The molecule has 1 atom stereocenters. The van der Waals surface area contributed by atoms with E-state index in [1.807, 2.05) is 42.5 Å². The van der Waals surface area contributed by atoms with Crippen LogP contribution in [-0.4, -0.2) is 77.8 Å². The highest BCUT2D eigenvalue weighted by atomic mass is 16.5. The average molecular weight is 513 g/mol. The van der Waals surface area contributed by atoms with Crippen LogP contribution in [0.5, 0.6) is 5.75 Å². The van der Waals surface area contributed by atoms with Crippen LogP contribution in [-0.2, 0) is 0 Å². The molecule has 4 heterocycles. The lowest BCUT2D eigenvalue weighted by atomic mass is 10.1. The zero-order valence-electron chi connectivity index (χ0n) is 21.7. The first-order valence-electron chi connectivity index (χ1n) is 13.0. The van der Waals surface area contributed by atoms with Crippen molar-refractivity contribution in [2.45, 2.75) is 12.5 Å². The fraction of sp³-hybridized carbons (Fsp3) is 0.357. The largest absolute Gasteiger partial charge is 0.495 e. The van der Waals surface area contributed by atoms with Gasteiger partial charge in [0.15, 0.2) is 5.65 Å². The van der Waals surface area contributed by atoms with E-state index in [9.17, 15) is 4.79 Å². The van der Waals surface area contributed by atoms with E-state index in [2.05, 4.69) is 43.5 Å². The highest BCUT2D eigenvalue weighted by molar-refractivity contribution is 5.76. The molecule has 2 saturated heterocycles. The molecule has 0 bridgehead atoms. The van der Waals surface area contributed by atoms with Crippen LogP contribution in [0.2, 0.25) is 0 Å². The van der Waals surface area contributed by atoms with Gasteiger partial charge in [-0.2, -0.15) is 4.98 Å². The second-order valence-electron chi connectivity index (χ2n) is 9.85. The molecule has 2 aliphatic rings. The number of methoxy groups -OCH3 is 1. The highest BCUT2D eigenvalue weighted by Crippen LogP contribution is 2.33. The van der Waals surface area contributed by atoms with Gasteiger partial charge in [-0.15, -0.1) is 0 Å². The van der Waals surface area contributed by atoms with Gasteiger partial charge < -0.3 is 25.2 Å². The Kier molecular flexibility index (Phi) is 6.65. The van der Waals surface area contributed by atoms with Crippen molar-refractivity contribution in [2.75, 3.05) is 63.6 Å². The van der Waals surface area contributed by atoms with Crippen LogP contribution in [0.15, 0.2) is 59.5 Å². The SMILES string of the molecule is COc1cc(Nc2ncc3nc(-c4ccccc4)c(=O)n([C@H]4CCNC4)c3n2)ccc1N1CCN(C)CC1. The van der Waals surface area contributed by atoms with Crippen molar-refractivity contribution in [3.05, 3.63) is 65.1 Å². The average Bonchev–Trinajstić information content (AvgIpc) is 3.48. The minimum absolute atomic E-state index is 0.00109. The molecule has 2 N–H and O–H groups in total. The molecular weight excluding hydrogens is 480 g/mol. The van der Waals surface area contributed by atoms with Crippen molar-refractivity contribution in [1.29, 1.82) is 0 Å². The molecule has 0 amide bonds. The van der Waals surface area contributed by atoms with E-state index < -0.39 is 0 Å². The molecule has 6 rings (SSSR count). The summed E-state index contributed by atoms with van der Waals surface area (Å²) in [7, 11) is 3.83. The third kappa shape index (κ3) is 4.68. The van der Waals surface area contributed by atoms with E-state index in [0.29, 0.717) is 29.4 Å². The lowest BCUT2D eigenvalue weighted by molar-refractivity contribution is 0.311. The number of benzene rings is 2. The molecule has 2 aliphatic heterocycles. The maximum atomic E-state index is 13.7. The van der Waals surface area contributed by atoms with Gasteiger partial charge in [-0.05, 0) is 32.1 Å². The summed E-state index contributed by atoms with van der Waals surface area (Å²) in [5, 5.41) is 6.67. The summed E-state index contributed by atoms with van der Waals surface area (Å²) in [6, 6.07) is 15.6. The van der Waals surface area contributed by atoms with Gasteiger partial charge in [0.05, 0.1) is 25.0 Å². The van der Waals surface area contributed by atoms with Gasteiger partial charge in [-0.1, -0.05) is 30.3 Å². The topological polar surface area (TPSA) is 100 Å². The first kappa shape index (κ1) is 24.3. The second kappa shape index (κ2) is 10.4. The number of hydrogen-bond acceptors (Lipinski definition) is 9. The Morgan fingerprint density at radius 1 is 1.05 bits per heavy atom. The van der Waals surface area contributed by atoms with Crippen molar-refractivity contribution in [3.63, 3.8) is 0 Å². The van der Waals surface area contributed by atoms with Gasteiger partial charge in [0.2, 0.25) is 5.95 Å². The van der Waals surface area contributed by atoms with E-state index in [-0.39, 0.29) is 11.6 Å². The number of anilines is 3. The quantitative estimate of drug-likeness (QED) is 0.404. The second-order valence-corrected chi connectivity index (χ2v) is 9.85. The summed E-state index contributed by atoms with van der Waals surface area (Å²) >= 11 is 0. The predicted molar refractivity (Wildman–Crippen MR) is 150 cm³/mol. The Labute approximate surface area is 221 Å². The highest BCUT2D eigenvalue weighted by Gasteiger charge is 2.24. The van der Waals surface area contributed by atoms with Gasteiger partial charge in [-0.25, -0.2) is 9.97 Å². The van der Waals surface area contributed by atoms with E-state index in [0.717, 1.165) is 61.8 Å². The smallest absolute Gasteiger partial charge is 0.279 e. The van der Waals surface area contributed by atoms with E-state index >= 15 is 0 Å². The summed E-state index contributed by atoms with van der Waals surface area (Å²) < 4.78 is 7.52. The van der Waals surface area contributed by atoms with Crippen LogP contribution in [0.25, 0.3) is 22.4 Å². The van der Waals surface area contributed by atoms with E-state index in [4.69, 9.17) is 9.72 Å². The number of piperazine rings is 1. The molecule has 4 aromatic rings. The molecule has 38 heavy (non-hydrogen) atoms.